The fourth-order valence-electron chi connectivity index (χ4n) is 2.06. The third-order valence-electron chi connectivity index (χ3n) is 3.20. The average molecular weight is 311 g/mol. The number of esters is 1. The minimum atomic E-state index is -0.408. The molecule has 0 aliphatic rings. The van der Waals surface area contributed by atoms with E-state index in [9.17, 15) is 9.59 Å². The molecule has 2 rings (SSSR count). The van der Waals surface area contributed by atoms with Gasteiger partial charge in [-0.25, -0.2) is 0 Å². The molecule has 1 N–H and O–H groups in total. The quantitative estimate of drug-likeness (QED) is 0.658. The highest BCUT2D eigenvalue weighted by Gasteiger charge is 2.07. The van der Waals surface area contributed by atoms with Gasteiger partial charge in [-0.15, -0.1) is 6.42 Å². The number of carbonyl (C=O) groups is 2. The van der Waals surface area contributed by atoms with Gasteiger partial charge >= 0.3 is 5.97 Å². The van der Waals surface area contributed by atoms with Gasteiger partial charge in [0.15, 0.2) is 0 Å². The molecule has 0 unspecified atom stereocenters. The van der Waals surface area contributed by atoms with Crippen molar-refractivity contribution in [2.45, 2.75) is 12.8 Å². The zero-order valence-corrected chi connectivity index (χ0v) is 12.8. The van der Waals surface area contributed by atoms with E-state index in [1.54, 1.807) is 6.07 Å². The van der Waals surface area contributed by atoms with E-state index in [1.165, 1.54) is 7.11 Å². The number of hydrogen-bond donors (Lipinski definition) is 1. The van der Waals surface area contributed by atoms with Crippen LogP contribution in [0.25, 0.3) is 10.8 Å². The number of carbonyl (C=O) groups excluding carboxylic acids is 2. The summed E-state index contributed by atoms with van der Waals surface area (Å²) in [4.78, 5) is 22.8. The topological polar surface area (TPSA) is 64.6 Å². The molecule has 0 atom stereocenters. The van der Waals surface area contributed by atoms with Crippen LogP contribution >= 0.6 is 0 Å². The Kier molecular flexibility index (Phi) is 5.59. The fourth-order valence-corrected chi connectivity index (χ4v) is 2.06. The maximum atomic E-state index is 11.8. The van der Waals surface area contributed by atoms with E-state index >= 15 is 0 Å². The Labute approximate surface area is 134 Å². The summed E-state index contributed by atoms with van der Waals surface area (Å²) in [6.45, 7) is 0.204. The predicted molar refractivity (Wildman–Crippen MR) is 88.2 cm³/mol. The molecule has 0 aliphatic heterocycles. The van der Waals surface area contributed by atoms with Gasteiger partial charge in [-0.1, -0.05) is 18.1 Å². The van der Waals surface area contributed by atoms with Gasteiger partial charge in [0.1, 0.15) is 12.4 Å². The Bertz CT molecular complexity index is 761. The van der Waals surface area contributed by atoms with Crippen LogP contribution in [0.1, 0.15) is 12.8 Å². The largest absolute Gasteiger partial charge is 0.481 e. The van der Waals surface area contributed by atoms with E-state index in [0.717, 1.165) is 10.8 Å². The fraction of sp³-hybridized carbons (Fsp3) is 0.222. The standard InChI is InChI=1S/C18H17NO4/c1-3-10-23-16-7-5-13-4-6-15(11-14(13)12-16)19-17(20)8-9-18(21)22-2/h1,4-7,11-12H,8-10H2,2H3,(H,19,20). The van der Waals surface area contributed by atoms with E-state index in [-0.39, 0.29) is 25.4 Å². The molecule has 5 nitrogen and oxygen atoms in total. The van der Waals surface area contributed by atoms with Gasteiger partial charge in [0, 0.05) is 12.1 Å². The van der Waals surface area contributed by atoms with Crippen LogP contribution < -0.4 is 10.1 Å². The second-order valence-corrected chi connectivity index (χ2v) is 4.84. The van der Waals surface area contributed by atoms with Gasteiger partial charge < -0.3 is 14.8 Å². The van der Waals surface area contributed by atoms with Crippen molar-refractivity contribution >= 4 is 28.3 Å². The van der Waals surface area contributed by atoms with Gasteiger partial charge in [-0.05, 0) is 35.0 Å². The molecule has 0 saturated heterocycles. The molecular formula is C18H17NO4. The first-order chi connectivity index (χ1) is 11.1. The number of benzene rings is 2. The van der Waals surface area contributed by atoms with E-state index in [1.807, 2.05) is 30.3 Å². The van der Waals surface area contributed by atoms with Crippen LogP contribution in [-0.4, -0.2) is 25.6 Å². The lowest BCUT2D eigenvalue weighted by Crippen LogP contribution is -2.13. The van der Waals surface area contributed by atoms with Crippen molar-refractivity contribution in [3.8, 4) is 18.1 Å². The number of fused-ring (bicyclic) bond motifs is 1. The van der Waals surface area contributed by atoms with Crippen molar-refractivity contribution < 1.29 is 19.1 Å². The van der Waals surface area contributed by atoms with Crippen molar-refractivity contribution in [2.75, 3.05) is 19.0 Å². The Hall–Kier alpha value is -3.00. The third kappa shape index (κ3) is 4.75. The Morgan fingerprint density at radius 3 is 2.65 bits per heavy atom. The molecule has 0 heterocycles. The molecule has 0 radical (unpaired) electrons. The Morgan fingerprint density at radius 1 is 1.13 bits per heavy atom. The van der Waals surface area contributed by atoms with Gasteiger partial charge in [0.25, 0.3) is 0 Å². The number of hydrogen-bond acceptors (Lipinski definition) is 4. The predicted octanol–water partition coefficient (Wildman–Crippen LogP) is 2.74. The third-order valence-corrected chi connectivity index (χ3v) is 3.20. The number of terminal acetylenes is 1. The van der Waals surface area contributed by atoms with Gasteiger partial charge in [0.05, 0.1) is 13.5 Å². The molecule has 5 heteroatoms. The summed E-state index contributed by atoms with van der Waals surface area (Å²) in [6.07, 6.45) is 5.31. The zero-order chi connectivity index (χ0) is 16.7. The first-order valence-corrected chi connectivity index (χ1v) is 7.09. The van der Waals surface area contributed by atoms with E-state index in [2.05, 4.69) is 16.0 Å². The summed E-state index contributed by atoms with van der Waals surface area (Å²) in [5, 5.41) is 4.70. The number of rotatable bonds is 6. The SMILES string of the molecule is C#CCOc1ccc2ccc(NC(=O)CCC(=O)OC)cc2c1. The van der Waals surface area contributed by atoms with Crippen LogP contribution in [0.5, 0.6) is 5.75 Å². The molecule has 0 spiro atoms. The van der Waals surface area contributed by atoms with Crippen molar-refractivity contribution in [1.29, 1.82) is 0 Å². The maximum absolute atomic E-state index is 11.8. The highest BCUT2D eigenvalue weighted by atomic mass is 16.5. The van der Waals surface area contributed by atoms with Crippen LogP contribution in [-0.2, 0) is 14.3 Å². The van der Waals surface area contributed by atoms with Crippen LogP contribution in [0.15, 0.2) is 36.4 Å². The number of anilines is 1. The van der Waals surface area contributed by atoms with Crippen LogP contribution in [0.4, 0.5) is 5.69 Å². The van der Waals surface area contributed by atoms with E-state index in [0.29, 0.717) is 11.4 Å². The lowest BCUT2D eigenvalue weighted by molar-refractivity contribution is -0.141. The highest BCUT2D eigenvalue weighted by Crippen LogP contribution is 2.24. The second-order valence-electron chi connectivity index (χ2n) is 4.84. The minimum absolute atomic E-state index is 0.0555. The first kappa shape index (κ1) is 16.4. The number of amides is 1. The monoisotopic (exact) mass is 311 g/mol. The van der Waals surface area contributed by atoms with Crippen LogP contribution in [0.3, 0.4) is 0 Å². The molecular weight excluding hydrogens is 294 g/mol. The van der Waals surface area contributed by atoms with Gasteiger partial charge in [-0.3, -0.25) is 9.59 Å². The number of ether oxygens (including phenoxy) is 2. The molecule has 0 aliphatic carbocycles. The lowest BCUT2D eigenvalue weighted by atomic mass is 10.1. The van der Waals surface area contributed by atoms with Crippen LogP contribution in [0.2, 0.25) is 0 Å². The van der Waals surface area contributed by atoms with Crippen molar-refractivity contribution in [3.63, 3.8) is 0 Å². The smallest absolute Gasteiger partial charge is 0.306 e. The Balaban J connectivity index is 2.07. The molecule has 0 fully saturated rings. The molecule has 1 amide bonds. The highest BCUT2D eigenvalue weighted by molar-refractivity contribution is 5.95. The summed E-state index contributed by atoms with van der Waals surface area (Å²) in [5.41, 5.74) is 0.654. The average Bonchev–Trinajstić information content (AvgIpc) is 2.57. The van der Waals surface area contributed by atoms with Gasteiger partial charge in [-0.2, -0.15) is 0 Å². The lowest BCUT2D eigenvalue weighted by Gasteiger charge is -2.08. The molecule has 0 bridgehead atoms. The normalized spacial score (nSPS) is 9.91. The molecule has 2 aromatic rings. The second kappa shape index (κ2) is 7.85. The molecule has 23 heavy (non-hydrogen) atoms. The molecule has 2 aromatic carbocycles. The van der Waals surface area contributed by atoms with E-state index < -0.39 is 5.97 Å². The summed E-state index contributed by atoms with van der Waals surface area (Å²) in [5.74, 6) is 2.43. The Morgan fingerprint density at radius 2 is 1.91 bits per heavy atom. The van der Waals surface area contributed by atoms with Crippen LogP contribution in [0, 0.1) is 12.3 Å². The summed E-state index contributed by atoms with van der Waals surface area (Å²) in [7, 11) is 1.30. The zero-order valence-electron chi connectivity index (χ0n) is 12.8. The molecule has 0 aromatic heterocycles. The maximum Gasteiger partial charge on any atom is 0.306 e. The summed E-state index contributed by atoms with van der Waals surface area (Å²) < 4.78 is 9.89. The molecule has 118 valence electrons. The summed E-state index contributed by atoms with van der Waals surface area (Å²) >= 11 is 0. The number of nitrogens with one attached hydrogen (secondary N) is 1. The van der Waals surface area contributed by atoms with Crippen molar-refractivity contribution in [2.24, 2.45) is 0 Å². The summed E-state index contributed by atoms with van der Waals surface area (Å²) in [6, 6.07) is 11.2. The minimum Gasteiger partial charge on any atom is -0.481 e. The van der Waals surface area contributed by atoms with Crippen molar-refractivity contribution in [3.05, 3.63) is 36.4 Å². The number of methoxy groups -OCH3 is 1. The van der Waals surface area contributed by atoms with E-state index in [4.69, 9.17) is 11.2 Å². The van der Waals surface area contributed by atoms with Gasteiger partial charge in [0.2, 0.25) is 5.91 Å². The first-order valence-electron chi connectivity index (χ1n) is 7.09. The molecule has 0 saturated carbocycles. The van der Waals surface area contributed by atoms with Crippen molar-refractivity contribution in [1.82, 2.24) is 0 Å².